The van der Waals surface area contributed by atoms with E-state index in [0.29, 0.717) is 12.1 Å². The SMILES string of the molecule is CCNC(=O)c1ccc(NC(=O)C2CCCC(N)C2)c(C)c1.Cl. The van der Waals surface area contributed by atoms with Crippen LogP contribution in [0.15, 0.2) is 18.2 Å². The standard InChI is InChI=1S/C17H25N3O2.ClH/c1-3-19-16(21)13-7-8-15(11(2)9-13)20-17(22)12-5-4-6-14(18)10-12;/h7-9,12,14H,3-6,10,18H2,1-2H3,(H,19,21)(H,20,22);1H. The van der Waals surface area contributed by atoms with E-state index >= 15 is 0 Å². The van der Waals surface area contributed by atoms with Crippen LogP contribution < -0.4 is 16.4 Å². The minimum absolute atomic E-state index is 0. The molecule has 1 fully saturated rings. The fourth-order valence-corrected chi connectivity index (χ4v) is 2.91. The summed E-state index contributed by atoms with van der Waals surface area (Å²) in [5.41, 5.74) is 8.20. The number of rotatable bonds is 4. The summed E-state index contributed by atoms with van der Waals surface area (Å²) in [5.74, 6) is -0.0723. The lowest BCUT2D eigenvalue weighted by atomic mass is 9.85. The second-order valence-electron chi connectivity index (χ2n) is 6.00. The Bertz CT molecular complexity index is 563. The van der Waals surface area contributed by atoms with Crippen LogP contribution in [-0.2, 0) is 4.79 Å². The number of benzene rings is 1. The fraction of sp³-hybridized carbons (Fsp3) is 0.529. The maximum atomic E-state index is 12.3. The van der Waals surface area contributed by atoms with Crippen molar-refractivity contribution in [3.63, 3.8) is 0 Å². The summed E-state index contributed by atoms with van der Waals surface area (Å²) in [6.07, 6.45) is 3.66. The Hall–Kier alpha value is -1.59. The number of hydrogen-bond donors (Lipinski definition) is 3. The van der Waals surface area contributed by atoms with Crippen LogP contribution in [0, 0.1) is 12.8 Å². The number of hydrogen-bond acceptors (Lipinski definition) is 3. The molecule has 23 heavy (non-hydrogen) atoms. The molecular formula is C17H26ClN3O2. The van der Waals surface area contributed by atoms with Crippen LogP contribution in [0.2, 0.25) is 0 Å². The Balaban J connectivity index is 0.00000264. The van der Waals surface area contributed by atoms with Gasteiger partial charge in [-0.3, -0.25) is 9.59 Å². The molecule has 5 nitrogen and oxygen atoms in total. The summed E-state index contributed by atoms with van der Waals surface area (Å²) >= 11 is 0. The van der Waals surface area contributed by atoms with Gasteiger partial charge in [-0.15, -0.1) is 12.4 Å². The number of nitrogens with two attached hydrogens (primary N) is 1. The predicted molar refractivity (Wildman–Crippen MR) is 95.0 cm³/mol. The van der Waals surface area contributed by atoms with Crippen molar-refractivity contribution in [2.24, 2.45) is 11.7 Å². The van der Waals surface area contributed by atoms with Gasteiger partial charge >= 0.3 is 0 Å². The summed E-state index contributed by atoms with van der Waals surface area (Å²) in [6.45, 7) is 4.37. The van der Waals surface area contributed by atoms with E-state index in [9.17, 15) is 9.59 Å². The molecule has 2 unspecified atom stereocenters. The highest BCUT2D eigenvalue weighted by Crippen LogP contribution is 2.25. The van der Waals surface area contributed by atoms with Crippen LogP contribution in [-0.4, -0.2) is 24.4 Å². The summed E-state index contributed by atoms with van der Waals surface area (Å²) < 4.78 is 0. The van der Waals surface area contributed by atoms with Crippen molar-refractivity contribution in [1.29, 1.82) is 0 Å². The first-order valence-corrected chi connectivity index (χ1v) is 7.96. The summed E-state index contributed by atoms with van der Waals surface area (Å²) in [7, 11) is 0. The van der Waals surface area contributed by atoms with Gasteiger partial charge in [-0.1, -0.05) is 6.42 Å². The van der Waals surface area contributed by atoms with Crippen LogP contribution in [0.3, 0.4) is 0 Å². The molecule has 4 N–H and O–H groups in total. The van der Waals surface area contributed by atoms with E-state index in [0.717, 1.165) is 36.9 Å². The predicted octanol–water partition coefficient (Wildman–Crippen LogP) is 2.62. The summed E-state index contributed by atoms with van der Waals surface area (Å²) in [5, 5.41) is 5.74. The maximum absolute atomic E-state index is 12.3. The van der Waals surface area contributed by atoms with Crippen molar-refractivity contribution in [1.82, 2.24) is 5.32 Å². The molecule has 0 saturated heterocycles. The van der Waals surface area contributed by atoms with Gasteiger partial charge in [-0.25, -0.2) is 0 Å². The lowest BCUT2D eigenvalue weighted by molar-refractivity contribution is -0.120. The molecule has 1 aliphatic carbocycles. The molecule has 1 aliphatic rings. The van der Waals surface area contributed by atoms with Crippen molar-refractivity contribution < 1.29 is 9.59 Å². The number of carbonyl (C=O) groups is 2. The smallest absolute Gasteiger partial charge is 0.251 e. The van der Waals surface area contributed by atoms with Crippen molar-refractivity contribution in [3.05, 3.63) is 29.3 Å². The van der Waals surface area contributed by atoms with Crippen molar-refractivity contribution in [2.45, 2.75) is 45.6 Å². The van der Waals surface area contributed by atoms with E-state index in [1.165, 1.54) is 0 Å². The zero-order valence-corrected chi connectivity index (χ0v) is 14.5. The second kappa shape index (κ2) is 8.89. The second-order valence-corrected chi connectivity index (χ2v) is 6.00. The maximum Gasteiger partial charge on any atom is 0.251 e. The topological polar surface area (TPSA) is 84.2 Å². The Morgan fingerprint density at radius 1 is 1.30 bits per heavy atom. The molecule has 0 spiro atoms. The fourth-order valence-electron chi connectivity index (χ4n) is 2.91. The summed E-state index contributed by atoms with van der Waals surface area (Å²) in [6, 6.07) is 5.46. The van der Waals surface area contributed by atoms with Gasteiger partial charge in [0.15, 0.2) is 0 Å². The number of carbonyl (C=O) groups excluding carboxylic acids is 2. The highest BCUT2D eigenvalue weighted by Gasteiger charge is 2.25. The van der Waals surface area contributed by atoms with Gasteiger partial charge in [-0.05, 0) is 56.9 Å². The molecule has 0 radical (unpaired) electrons. The molecule has 0 bridgehead atoms. The molecular weight excluding hydrogens is 314 g/mol. The quantitative estimate of drug-likeness (QED) is 0.788. The van der Waals surface area contributed by atoms with Gasteiger partial charge in [0.05, 0.1) is 0 Å². The molecule has 6 heteroatoms. The van der Waals surface area contributed by atoms with Gasteiger partial charge in [0.25, 0.3) is 5.91 Å². The monoisotopic (exact) mass is 339 g/mol. The van der Waals surface area contributed by atoms with Gasteiger partial charge < -0.3 is 16.4 Å². The Morgan fingerprint density at radius 3 is 2.65 bits per heavy atom. The largest absolute Gasteiger partial charge is 0.352 e. The molecule has 0 aliphatic heterocycles. The zero-order chi connectivity index (χ0) is 16.1. The lowest BCUT2D eigenvalue weighted by Crippen LogP contribution is -2.34. The molecule has 2 rings (SSSR count). The molecule has 2 atom stereocenters. The van der Waals surface area contributed by atoms with E-state index in [1.54, 1.807) is 18.2 Å². The van der Waals surface area contributed by atoms with E-state index < -0.39 is 0 Å². The average molecular weight is 340 g/mol. The van der Waals surface area contributed by atoms with Crippen LogP contribution in [0.1, 0.15) is 48.5 Å². The van der Waals surface area contributed by atoms with Crippen molar-refractivity contribution in [3.8, 4) is 0 Å². The molecule has 0 aromatic heterocycles. The highest BCUT2D eigenvalue weighted by atomic mass is 35.5. The van der Waals surface area contributed by atoms with E-state index in [-0.39, 0.29) is 36.2 Å². The molecule has 1 saturated carbocycles. The van der Waals surface area contributed by atoms with Gasteiger partial charge in [-0.2, -0.15) is 0 Å². The number of aryl methyl sites for hydroxylation is 1. The van der Waals surface area contributed by atoms with Gasteiger partial charge in [0, 0.05) is 29.8 Å². The number of anilines is 1. The summed E-state index contributed by atoms with van der Waals surface area (Å²) in [4.78, 5) is 24.1. The van der Waals surface area contributed by atoms with Crippen LogP contribution in [0.4, 0.5) is 5.69 Å². The van der Waals surface area contributed by atoms with E-state index in [2.05, 4.69) is 10.6 Å². The van der Waals surface area contributed by atoms with E-state index in [1.807, 2.05) is 13.8 Å². The van der Waals surface area contributed by atoms with Crippen LogP contribution >= 0.6 is 12.4 Å². The molecule has 0 heterocycles. The van der Waals surface area contributed by atoms with Crippen molar-refractivity contribution in [2.75, 3.05) is 11.9 Å². The highest BCUT2D eigenvalue weighted by molar-refractivity contribution is 5.97. The van der Waals surface area contributed by atoms with Gasteiger partial charge in [0.2, 0.25) is 5.91 Å². The van der Waals surface area contributed by atoms with Crippen LogP contribution in [0.25, 0.3) is 0 Å². The third-order valence-corrected chi connectivity index (χ3v) is 4.17. The third-order valence-electron chi connectivity index (χ3n) is 4.17. The molecule has 2 amide bonds. The normalized spacial score (nSPS) is 20.3. The van der Waals surface area contributed by atoms with Crippen LogP contribution in [0.5, 0.6) is 0 Å². The minimum Gasteiger partial charge on any atom is -0.352 e. The molecule has 128 valence electrons. The first-order chi connectivity index (χ1) is 10.5. The Kier molecular flexibility index (Phi) is 7.52. The average Bonchev–Trinajstić information content (AvgIpc) is 2.49. The number of halogens is 1. The minimum atomic E-state index is -0.0956. The first kappa shape index (κ1) is 19.5. The molecule has 1 aromatic rings. The van der Waals surface area contributed by atoms with Gasteiger partial charge in [0.1, 0.15) is 0 Å². The number of amides is 2. The first-order valence-electron chi connectivity index (χ1n) is 7.96. The molecule has 1 aromatic carbocycles. The Labute approximate surface area is 143 Å². The zero-order valence-electron chi connectivity index (χ0n) is 13.7. The lowest BCUT2D eigenvalue weighted by Gasteiger charge is -2.26. The van der Waals surface area contributed by atoms with E-state index in [4.69, 9.17) is 5.73 Å². The Morgan fingerprint density at radius 2 is 2.04 bits per heavy atom. The van der Waals surface area contributed by atoms with Crippen molar-refractivity contribution >= 4 is 29.9 Å². The third kappa shape index (κ3) is 5.22. The number of nitrogens with one attached hydrogen (secondary N) is 2.